The lowest BCUT2D eigenvalue weighted by Gasteiger charge is -2.43. The molecule has 0 saturated carbocycles. The quantitative estimate of drug-likeness (QED) is 0.602. The molecule has 2 amide bonds. The summed E-state index contributed by atoms with van der Waals surface area (Å²) >= 11 is 0. The number of rotatable bonds is 9. The van der Waals surface area contributed by atoms with E-state index in [4.69, 9.17) is 15.2 Å². The van der Waals surface area contributed by atoms with Gasteiger partial charge in [0.1, 0.15) is 11.5 Å². The lowest BCUT2D eigenvalue weighted by Crippen LogP contribution is -2.49. The fraction of sp³-hybridized carbons (Fsp3) is 0.458. The molecule has 3 N–H and O–H groups in total. The van der Waals surface area contributed by atoms with Crippen molar-refractivity contribution in [2.75, 3.05) is 26.8 Å². The summed E-state index contributed by atoms with van der Waals surface area (Å²) in [7, 11) is 1.68. The van der Waals surface area contributed by atoms with Crippen LogP contribution < -0.4 is 10.5 Å². The lowest BCUT2D eigenvalue weighted by molar-refractivity contribution is -0.0570. The van der Waals surface area contributed by atoms with E-state index in [1.54, 1.807) is 12.0 Å². The molecule has 3 rings (SSSR count). The summed E-state index contributed by atoms with van der Waals surface area (Å²) in [5.41, 5.74) is 5.17. The van der Waals surface area contributed by atoms with Crippen molar-refractivity contribution < 1.29 is 19.4 Å². The van der Waals surface area contributed by atoms with Gasteiger partial charge in [-0.15, -0.1) is 0 Å². The first-order chi connectivity index (χ1) is 14.5. The summed E-state index contributed by atoms with van der Waals surface area (Å²) in [5.74, 6) is 1.23. The Labute approximate surface area is 178 Å². The Morgan fingerprint density at radius 1 is 1.17 bits per heavy atom. The van der Waals surface area contributed by atoms with E-state index >= 15 is 0 Å². The number of likely N-dealkylation sites (tertiary alicyclic amines) is 1. The summed E-state index contributed by atoms with van der Waals surface area (Å²) in [4.78, 5) is 13.4. The second-order valence-electron chi connectivity index (χ2n) is 7.91. The van der Waals surface area contributed by atoms with E-state index in [0.717, 1.165) is 31.2 Å². The molecule has 2 unspecified atom stereocenters. The highest BCUT2D eigenvalue weighted by Crippen LogP contribution is 2.44. The van der Waals surface area contributed by atoms with Crippen molar-refractivity contribution in [2.24, 2.45) is 11.7 Å². The third-order valence-electron chi connectivity index (χ3n) is 5.89. The van der Waals surface area contributed by atoms with Crippen LogP contribution in [-0.2, 0) is 10.3 Å². The Morgan fingerprint density at radius 2 is 1.90 bits per heavy atom. The van der Waals surface area contributed by atoms with Crippen LogP contribution in [-0.4, -0.2) is 42.8 Å². The van der Waals surface area contributed by atoms with Gasteiger partial charge in [-0.1, -0.05) is 36.4 Å². The SMILES string of the molecule is COCCCCC(O)(c1ccccc1Oc1ccccc1)C1CCCN(C(N)=O)C1. The predicted octanol–water partition coefficient (Wildman–Crippen LogP) is 4.27. The molecule has 1 saturated heterocycles. The van der Waals surface area contributed by atoms with Crippen molar-refractivity contribution in [1.82, 2.24) is 4.90 Å². The van der Waals surface area contributed by atoms with Gasteiger partial charge in [-0.25, -0.2) is 4.79 Å². The zero-order chi connectivity index (χ0) is 21.4. The third kappa shape index (κ3) is 5.32. The second-order valence-corrected chi connectivity index (χ2v) is 7.91. The number of benzene rings is 2. The highest BCUT2D eigenvalue weighted by atomic mass is 16.5. The van der Waals surface area contributed by atoms with Crippen LogP contribution in [0, 0.1) is 5.92 Å². The number of carbonyl (C=O) groups is 1. The third-order valence-corrected chi connectivity index (χ3v) is 5.89. The van der Waals surface area contributed by atoms with Crippen molar-refractivity contribution in [1.29, 1.82) is 0 Å². The highest BCUT2D eigenvalue weighted by molar-refractivity contribution is 5.72. The zero-order valence-corrected chi connectivity index (χ0v) is 17.6. The van der Waals surface area contributed by atoms with Crippen molar-refractivity contribution in [3.05, 3.63) is 60.2 Å². The number of methoxy groups -OCH3 is 1. The summed E-state index contributed by atoms with van der Waals surface area (Å²) in [6, 6.07) is 16.8. The number of hydrogen-bond acceptors (Lipinski definition) is 4. The molecule has 1 aliphatic heterocycles. The van der Waals surface area contributed by atoms with Gasteiger partial charge >= 0.3 is 6.03 Å². The maximum atomic E-state index is 12.1. The molecule has 0 aliphatic carbocycles. The lowest BCUT2D eigenvalue weighted by atomic mass is 9.73. The molecule has 1 fully saturated rings. The van der Waals surface area contributed by atoms with Crippen LogP contribution in [0.25, 0.3) is 0 Å². The summed E-state index contributed by atoms with van der Waals surface area (Å²) < 4.78 is 11.3. The first-order valence-electron chi connectivity index (χ1n) is 10.6. The number of ether oxygens (including phenoxy) is 2. The highest BCUT2D eigenvalue weighted by Gasteiger charge is 2.42. The fourth-order valence-electron chi connectivity index (χ4n) is 4.30. The largest absolute Gasteiger partial charge is 0.457 e. The normalized spacial score (nSPS) is 18.6. The van der Waals surface area contributed by atoms with Gasteiger partial charge in [0, 0.05) is 38.3 Å². The van der Waals surface area contributed by atoms with Gasteiger partial charge in [-0.3, -0.25) is 0 Å². The maximum Gasteiger partial charge on any atom is 0.314 e. The number of para-hydroxylation sites is 2. The molecule has 162 valence electrons. The van der Waals surface area contributed by atoms with Gasteiger partial charge in [-0.05, 0) is 50.3 Å². The van der Waals surface area contributed by atoms with E-state index in [-0.39, 0.29) is 5.92 Å². The number of nitrogens with two attached hydrogens (primary N) is 1. The van der Waals surface area contributed by atoms with E-state index < -0.39 is 11.6 Å². The van der Waals surface area contributed by atoms with E-state index in [1.807, 2.05) is 54.6 Å². The zero-order valence-electron chi connectivity index (χ0n) is 17.6. The molecule has 2 aromatic carbocycles. The van der Waals surface area contributed by atoms with Gasteiger partial charge in [0.25, 0.3) is 0 Å². The average Bonchev–Trinajstić information content (AvgIpc) is 2.78. The minimum absolute atomic E-state index is 0.123. The smallest absolute Gasteiger partial charge is 0.314 e. The number of urea groups is 1. The topological polar surface area (TPSA) is 85.0 Å². The summed E-state index contributed by atoms with van der Waals surface area (Å²) in [6.45, 7) is 1.72. The molecule has 1 heterocycles. The Morgan fingerprint density at radius 3 is 2.63 bits per heavy atom. The van der Waals surface area contributed by atoms with Crippen LogP contribution in [0.1, 0.15) is 37.7 Å². The van der Waals surface area contributed by atoms with Crippen molar-refractivity contribution in [3.8, 4) is 11.5 Å². The first kappa shape index (κ1) is 22.1. The van der Waals surface area contributed by atoms with Gasteiger partial charge in [0.05, 0.1) is 5.60 Å². The Hall–Kier alpha value is -2.57. The van der Waals surface area contributed by atoms with Crippen LogP contribution in [0.3, 0.4) is 0 Å². The first-order valence-corrected chi connectivity index (χ1v) is 10.6. The molecule has 2 aromatic rings. The van der Waals surface area contributed by atoms with Crippen LogP contribution in [0.2, 0.25) is 0 Å². The number of aliphatic hydroxyl groups is 1. The molecule has 6 heteroatoms. The molecular formula is C24H32N2O4. The van der Waals surface area contributed by atoms with Crippen molar-refractivity contribution >= 4 is 6.03 Å². The Balaban J connectivity index is 1.92. The van der Waals surface area contributed by atoms with E-state index in [2.05, 4.69) is 0 Å². The molecule has 2 atom stereocenters. The standard InChI is InChI=1S/C24H32N2O4/c1-29-17-8-7-15-24(28,19-10-9-16-26(18-19)23(25)27)21-13-5-6-14-22(21)30-20-11-3-2-4-12-20/h2-6,11-14,19,28H,7-10,15-18H2,1H3,(H2,25,27). The van der Waals surface area contributed by atoms with Crippen molar-refractivity contribution in [2.45, 2.75) is 37.7 Å². The number of amides is 2. The minimum atomic E-state index is -1.13. The molecule has 0 spiro atoms. The molecule has 0 radical (unpaired) electrons. The van der Waals surface area contributed by atoms with Gasteiger partial charge < -0.3 is 25.2 Å². The van der Waals surface area contributed by atoms with Gasteiger partial charge in [0.15, 0.2) is 0 Å². The number of hydrogen-bond donors (Lipinski definition) is 2. The Bertz CT molecular complexity index is 814. The fourth-order valence-corrected chi connectivity index (χ4v) is 4.30. The van der Waals surface area contributed by atoms with Gasteiger partial charge in [0.2, 0.25) is 0 Å². The number of piperidine rings is 1. The van der Waals surface area contributed by atoms with Crippen LogP contribution in [0.4, 0.5) is 4.79 Å². The Kier molecular flexibility index (Phi) is 7.71. The average molecular weight is 413 g/mol. The number of unbranched alkanes of at least 4 members (excludes halogenated alkanes) is 1. The van der Waals surface area contributed by atoms with E-state index in [9.17, 15) is 9.90 Å². The maximum absolute atomic E-state index is 12.1. The predicted molar refractivity (Wildman–Crippen MR) is 116 cm³/mol. The molecule has 30 heavy (non-hydrogen) atoms. The number of nitrogens with zero attached hydrogens (tertiary/aromatic N) is 1. The molecule has 0 bridgehead atoms. The summed E-state index contributed by atoms with van der Waals surface area (Å²) in [5, 5.41) is 12.1. The van der Waals surface area contributed by atoms with Gasteiger partial charge in [-0.2, -0.15) is 0 Å². The number of carbonyl (C=O) groups excluding carboxylic acids is 1. The van der Waals surface area contributed by atoms with Crippen molar-refractivity contribution in [3.63, 3.8) is 0 Å². The van der Waals surface area contributed by atoms with E-state index in [0.29, 0.717) is 37.6 Å². The molecule has 6 nitrogen and oxygen atoms in total. The molecule has 1 aliphatic rings. The summed E-state index contributed by atoms with van der Waals surface area (Å²) in [6.07, 6.45) is 3.85. The van der Waals surface area contributed by atoms with Crippen LogP contribution in [0.15, 0.2) is 54.6 Å². The van der Waals surface area contributed by atoms with Crippen LogP contribution >= 0.6 is 0 Å². The number of primary amides is 1. The van der Waals surface area contributed by atoms with E-state index in [1.165, 1.54) is 0 Å². The van der Waals surface area contributed by atoms with Crippen LogP contribution in [0.5, 0.6) is 11.5 Å². The monoisotopic (exact) mass is 412 g/mol. The minimum Gasteiger partial charge on any atom is -0.457 e. The molecule has 0 aromatic heterocycles. The molecular weight excluding hydrogens is 380 g/mol. The second kappa shape index (κ2) is 10.5.